The van der Waals surface area contributed by atoms with E-state index in [0.29, 0.717) is 18.5 Å². The zero-order valence-corrected chi connectivity index (χ0v) is 13.9. The standard InChI is InChI=1S/C17H19FN4O3/c1-19-16(24)14-4-2-3-7-22(14)15(23)9-21-10-20-13-6-5-11(18)8-12(13)17(21)25/h5-6,8,10,14H,2-4,7,9H2,1H3,(H,19,24). The number of likely N-dealkylation sites (N-methyl/N-ethyl adjacent to an activating group) is 1. The largest absolute Gasteiger partial charge is 0.357 e. The molecule has 1 saturated heterocycles. The number of fused-ring (bicyclic) bond motifs is 1. The lowest BCUT2D eigenvalue weighted by atomic mass is 10.0. The van der Waals surface area contributed by atoms with Crippen LogP contribution in [0.5, 0.6) is 0 Å². The van der Waals surface area contributed by atoms with Crippen LogP contribution in [0.3, 0.4) is 0 Å². The number of amides is 2. The van der Waals surface area contributed by atoms with Crippen LogP contribution in [0.25, 0.3) is 10.9 Å². The van der Waals surface area contributed by atoms with Gasteiger partial charge in [0.05, 0.1) is 17.2 Å². The van der Waals surface area contributed by atoms with Gasteiger partial charge in [-0.2, -0.15) is 0 Å². The van der Waals surface area contributed by atoms with Crippen molar-refractivity contribution in [1.82, 2.24) is 19.8 Å². The molecule has 132 valence electrons. The number of hydrogen-bond acceptors (Lipinski definition) is 4. The summed E-state index contributed by atoms with van der Waals surface area (Å²) in [5, 5.41) is 2.69. The van der Waals surface area contributed by atoms with Crippen molar-refractivity contribution in [2.75, 3.05) is 13.6 Å². The Morgan fingerprint density at radius 2 is 2.16 bits per heavy atom. The first-order chi connectivity index (χ1) is 12.0. The van der Waals surface area contributed by atoms with Gasteiger partial charge in [0.25, 0.3) is 5.56 Å². The summed E-state index contributed by atoms with van der Waals surface area (Å²) in [6, 6.07) is 3.24. The predicted octanol–water partition coefficient (Wildman–Crippen LogP) is 0.663. The van der Waals surface area contributed by atoms with Gasteiger partial charge in [0.2, 0.25) is 11.8 Å². The lowest BCUT2D eigenvalue weighted by Gasteiger charge is -2.34. The highest BCUT2D eigenvalue weighted by molar-refractivity contribution is 5.87. The van der Waals surface area contributed by atoms with Crippen LogP contribution in [0.4, 0.5) is 4.39 Å². The third kappa shape index (κ3) is 3.38. The molecule has 25 heavy (non-hydrogen) atoms. The SMILES string of the molecule is CNC(=O)C1CCCCN1C(=O)Cn1cnc2ccc(F)cc2c1=O. The molecule has 0 saturated carbocycles. The van der Waals surface area contributed by atoms with Gasteiger partial charge in [0, 0.05) is 13.6 Å². The molecular weight excluding hydrogens is 327 g/mol. The number of benzene rings is 1. The normalized spacial score (nSPS) is 17.5. The van der Waals surface area contributed by atoms with E-state index in [-0.39, 0.29) is 23.7 Å². The quantitative estimate of drug-likeness (QED) is 0.885. The molecule has 1 aliphatic rings. The van der Waals surface area contributed by atoms with Gasteiger partial charge in [0.15, 0.2) is 0 Å². The zero-order chi connectivity index (χ0) is 18.0. The maximum Gasteiger partial charge on any atom is 0.261 e. The van der Waals surface area contributed by atoms with Gasteiger partial charge in [-0.25, -0.2) is 9.37 Å². The Hall–Kier alpha value is -2.77. The monoisotopic (exact) mass is 346 g/mol. The third-order valence-corrected chi connectivity index (χ3v) is 4.46. The summed E-state index contributed by atoms with van der Waals surface area (Å²) in [5.74, 6) is -1.07. The molecule has 1 unspecified atom stereocenters. The molecule has 7 nitrogen and oxygen atoms in total. The third-order valence-electron chi connectivity index (χ3n) is 4.46. The second-order valence-electron chi connectivity index (χ2n) is 6.05. The number of carbonyl (C=O) groups is 2. The summed E-state index contributed by atoms with van der Waals surface area (Å²) in [4.78, 5) is 42.7. The smallest absolute Gasteiger partial charge is 0.261 e. The van der Waals surface area contributed by atoms with Crippen molar-refractivity contribution < 1.29 is 14.0 Å². The van der Waals surface area contributed by atoms with Crippen LogP contribution in [0.1, 0.15) is 19.3 Å². The minimum Gasteiger partial charge on any atom is -0.357 e. The molecular formula is C17H19FN4O3. The number of nitrogens with zero attached hydrogens (tertiary/aromatic N) is 3. The average Bonchev–Trinajstić information content (AvgIpc) is 2.63. The molecule has 1 atom stereocenters. The molecule has 2 heterocycles. The first kappa shape index (κ1) is 17.1. The number of rotatable bonds is 3. The molecule has 0 radical (unpaired) electrons. The highest BCUT2D eigenvalue weighted by Crippen LogP contribution is 2.18. The molecule has 0 spiro atoms. The number of likely N-dealkylation sites (tertiary alicyclic amines) is 1. The number of carbonyl (C=O) groups excluding carboxylic acids is 2. The van der Waals surface area contributed by atoms with Crippen molar-refractivity contribution in [3.05, 3.63) is 40.7 Å². The molecule has 0 aliphatic carbocycles. The second kappa shape index (κ2) is 7.00. The number of aromatic nitrogens is 2. The molecule has 1 aromatic heterocycles. The fourth-order valence-corrected chi connectivity index (χ4v) is 3.15. The minimum atomic E-state index is -0.536. The van der Waals surface area contributed by atoms with E-state index >= 15 is 0 Å². The van der Waals surface area contributed by atoms with Gasteiger partial charge in [-0.05, 0) is 37.5 Å². The lowest BCUT2D eigenvalue weighted by Crippen LogP contribution is -2.52. The van der Waals surface area contributed by atoms with E-state index < -0.39 is 17.4 Å². The summed E-state index contributed by atoms with van der Waals surface area (Å²) in [6.07, 6.45) is 3.56. The van der Waals surface area contributed by atoms with Crippen LogP contribution in [0.2, 0.25) is 0 Å². The summed E-state index contributed by atoms with van der Waals surface area (Å²) >= 11 is 0. The maximum absolute atomic E-state index is 13.4. The van der Waals surface area contributed by atoms with E-state index in [2.05, 4.69) is 10.3 Å². The van der Waals surface area contributed by atoms with Crippen molar-refractivity contribution in [1.29, 1.82) is 0 Å². The molecule has 0 bridgehead atoms. The van der Waals surface area contributed by atoms with Crippen molar-refractivity contribution in [2.45, 2.75) is 31.8 Å². The van der Waals surface area contributed by atoms with Crippen LogP contribution >= 0.6 is 0 Å². The zero-order valence-electron chi connectivity index (χ0n) is 13.9. The predicted molar refractivity (Wildman–Crippen MR) is 89.4 cm³/mol. The topological polar surface area (TPSA) is 84.3 Å². The number of nitrogens with one attached hydrogen (secondary N) is 1. The summed E-state index contributed by atoms with van der Waals surface area (Å²) < 4.78 is 14.5. The van der Waals surface area contributed by atoms with Gasteiger partial charge in [-0.15, -0.1) is 0 Å². The number of hydrogen-bond donors (Lipinski definition) is 1. The van der Waals surface area contributed by atoms with Crippen LogP contribution < -0.4 is 10.9 Å². The van der Waals surface area contributed by atoms with Gasteiger partial charge < -0.3 is 10.2 Å². The number of halogens is 1. The van der Waals surface area contributed by atoms with Gasteiger partial charge in [-0.3, -0.25) is 19.0 Å². The molecule has 1 N–H and O–H groups in total. The van der Waals surface area contributed by atoms with Crippen LogP contribution in [0.15, 0.2) is 29.3 Å². The van der Waals surface area contributed by atoms with E-state index in [1.807, 2.05) is 0 Å². The van der Waals surface area contributed by atoms with E-state index in [1.165, 1.54) is 30.4 Å². The Labute approximate surface area is 143 Å². The Balaban J connectivity index is 1.87. The van der Waals surface area contributed by atoms with Crippen LogP contribution in [-0.2, 0) is 16.1 Å². The van der Waals surface area contributed by atoms with E-state index in [4.69, 9.17) is 0 Å². The Morgan fingerprint density at radius 1 is 1.36 bits per heavy atom. The summed E-state index contributed by atoms with van der Waals surface area (Å²) in [5.41, 5.74) is -0.109. The Kier molecular flexibility index (Phi) is 4.78. The fourth-order valence-electron chi connectivity index (χ4n) is 3.15. The summed E-state index contributed by atoms with van der Waals surface area (Å²) in [7, 11) is 1.53. The van der Waals surface area contributed by atoms with E-state index in [0.717, 1.165) is 23.5 Å². The van der Waals surface area contributed by atoms with Gasteiger partial charge >= 0.3 is 0 Å². The molecule has 1 aliphatic heterocycles. The highest BCUT2D eigenvalue weighted by Gasteiger charge is 2.31. The fraction of sp³-hybridized carbons (Fsp3) is 0.412. The molecule has 1 aromatic carbocycles. The molecule has 1 fully saturated rings. The molecule has 2 aromatic rings. The van der Waals surface area contributed by atoms with Crippen molar-refractivity contribution in [3.8, 4) is 0 Å². The first-order valence-electron chi connectivity index (χ1n) is 8.17. The molecule has 2 amide bonds. The van der Waals surface area contributed by atoms with Gasteiger partial charge in [0.1, 0.15) is 18.4 Å². The Morgan fingerprint density at radius 3 is 2.92 bits per heavy atom. The second-order valence-corrected chi connectivity index (χ2v) is 6.05. The van der Waals surface area contributed by atoms with E-state index in [9.17, 15) is 18.8 Å². The molecule has 8 heteroatoms. The van der Waals surface area contributed by atoms with Crippen molar-refractivity contribution in [2.24, 2.45) is 0 Å². The summed E-state index contributed by atoms with van der Waals surface area (Å²) in [6.45, 7) is 0.243. The lowest BCUT2D eigenvalue weighted by molar-refractivity contribution is -0.142. The van der Waals surface area contributed by atoms with Crippen molar-refractivity contribution >= 4 is 22.7 Å². The number of piperidine rings is 1. The van der Waals surface area contributed by atoms with E-state index in [1.54, 1.807) is 0 Å². The minimum absolute atomic E-state index is 0.122. The Bertz CT molecular complexity index is 880. The van der Waals surface area contributed by atoms with Gasteiger partial charge in [-0.1, -0.05) is 0 Å². The van der Waals surface area contributed by atoms with Crippen LogP contribution in [-0.4, -0.2) is 45.9 Å². The maximum atomic E-state index is 13.4. The molecule has 3 rings (SSSR count). The van der Waals surface area contributed by atoms with Crippen molar-refractivity contribution in [3.63, 3.8) is 0 Å². The van der Waals surface area contributed by atoms with Crippen LogP contribution in [0, 0.1) is 5.82 Å². The first-order valence-corrected chi connectivity index (χ1v) is 8.17. The average molecular weight is 346 g/mol. The highest BCUT2D eigenvalue weighted by atomic mass is 19.1.